The first kappa shape index (κ1) is 9.00. The summed E-state index contributed by atoms with van der Waals surface area (Å²) in [4.78, 5) is 0. The molecule has 0 aliphatic carbocycles. The van der Waals surface area contributed by atoms with Crippen LogP contribution >= 0.6 is 0 Å². The van der Waals surface area contributed by atoms with Crippen molar-refractivity contribution < 1.29 is 0 Å². The molecule has 0 bridgehead atoms. The molecule has 0 unspecified atom stereocenters. The lowest BCUT2D eigenvalue weighted by Crippen LogP contribution is -1.83. The van der Waals surface area contributed by atoms with Gasteiger partial charge in [0.2, 0.25) is 0 Å². The maximum atomic E-state index is 3.80. The highest BCUT2D eigenvalue weighted by Crippen LogP contribution is 2.10. The predicted molar refractivity (Wildman–Crippen MR) is 43.0 cm³/mol. The molecule has 0 aliphatic rings. The molecule has 0 amide bonds. The van der Waals surface area contributed by atoms with Crippen LogP contribution in [0.1, 0.15) is 46.0 Å². The molecule has 0 spiro atoms. The normalized spacial score (nSPS) is 10.7. The minimum atomic E-state index is 1.10. The highest BCUT2D eigenvalue weighted by atomic mass is 14.0. The summed E-state index contributed by atoms with van der Waals surface area (Å²) in [6.07, 6.45) is 6.42. The highest BCUT2D eigenvalue weighted by molar-refractivity contribution is 4.75. The molecular formula is C9H18. The lowest BCUT2D eigenvalue weighted by molar-refractivity contribution is 0.654. The third-order valence-electron chi connectivity index (χ3n) is 1.43. The van der Waals surface area contributed by atoms with Crippen LogP contribution in [0.2, 0.25) is 0 Å². The Bertz CT molecular complexity index is 46.0. The molecule has 0 N–H and O–H groups in total. The Morgan fingerprint density at radius 1 is 1.11 bits per heavy atom. The molecule has 0 aliphatic heterocycles. The van der Waals surface area contributed by atoms with Gasteiger partial charge in [0, 0.05) is 0 Å². The monoisotopic (exact) mass is 126 g/mol. The third kappa shape index (κ3) is 8.00. The Kier molecular flexibility index (Phi) is 6.12. The van der Waals surface area contributed by atoms with Gasteiger partial charge in [-0.2, -0.15) is 0 Å². The molecule has 0 rings (SSSR count). The summed E-state index contributed by atoms with van der Waals surface area (Å²) in [6, 6.07) is 0. The van der Waals surface area contributed by atoms with Gasteiger partial charge in [0.1, 0.15) is 0 Å². The Hall–Kier alpha value is 0. The van der Waals surface area contributed by atoms with Crippen LogP contribution in [-0.2, 0) is 0 Å². The van der Waals surface area contributed by atoms with Crippen LogP contribution in [0.4, 0.5) is 0 Å². The van der Waals surface area contributed by atoms with Gasteiger partial charge < -0.3 is 0 Å². The zero-order chi connectivity index (χ0) is 7.11. The summed E-state index contributed by atoms with van der Waals surface area (Å²) >= 11 is 0. The smallest absolute Gasteiger partial charge is 0.0303 e. The number of unbranched alkanes of at least 4 members (excludes halogenated alkanes) is 3. The van der Waals surface area contributed by atoms with Gasteiger partial charge in [-0.3, -0.25) is 0 Å². The lowest BCUT2D eigenvalue weighted by Gasteiger charge is -2.01. The molecule has 0 saturated carbocycles. The van der Waals surface area contributed by atoms with E-state index in [1.165, 1.54) is 25.7 Å². The van der Waals surface area contributed by atoms with E-state index in [9.17, 15) is 0 Å². The van der Waals surface area contributed by atoms with E-state index in [0.717, 1.165) is 6.42 Å². The van der Waals surface area contributed by atoms with Crippen molar-refractivity contribution >= 4 is 0 Å². The highest BCUT2D eigenvalue weighted by Gasteiger charge is 1.92. The third-order valence-corrected chi connectivity index (χ3v) is 1.43. The molecule has 0 aromatic rings. The van der Waals surface area contributed by atoms with E-state index in [2.05, 4.69) is 20.8 Å². The van der Waals surface area contributed by atoms with Crippen LogP contribution in [0.15, 0.2) is 0 Å². The topological polar surface area (TPSA) is 0 Å². The second-order valence-corrected chi connectivity index (χ2v) is 2.87. The van der Waals surface area contributed by atoms with Crippen molar-refractivity contribution in [3.63, 3.8) is 0 Å². The van der Waals surface area contributed by atoms with Crippen LogP contribution in [-0.4, -0.2) is 0 Å². The second kappa shape index (κ2) is 6.12. The van der Waals surface area contributed by atoms with Gasteiger partial charge in [-0.15, -0.1) is 0 Å². The van der Waals surface area contributed by atoms with Gasteiger partial charge in [0.15, 0.2) is 0 Å². The van der Waals surface area contributed by atoms with E-state index >= 15 is 0 Å². The first-order valence-electron chi connectivity index (χ1n) is 3.85. The van der Waals surface area contributed by atoms with E-state index in [1.807, 2.05) is 0 Å². The summed E-state index contributed by atoms with van der Waals surface area (Å²) in [5.74, 6) is 1.55. The van der Waals surface area contributed by atoms with Crippen molar-refractivity contribution in [1.29, 1.82) is 0 Å². The van der Waals surface area contributed by atoms with Crippen molar-refractivity contribution in [3.05, 3.63) is 12.8 Å². The summed E-state index contributed by atoms with van der Waals surface area (Å²) in [5, 5.41) is 0. The van der Waals surface area contributed by atoms with Crippen molar-refractivity contribution in [2.75, 3.05) is 0 Å². The standard InChI is InChI=1S/C9H18/c1-4-5-6-7-8-9(2)3/h1,4-8H2,2-3H3. The fraction of sp³-hybridized carbons (Fsp3) is 0.778. The van der Waals surface area contributed by atoms with Gasteiger partial charge in [-0.25, -0.2) is 0 Å². The average molecular weight is 126 g/mol. The molecule has 2 radical (unpaired) electrons. The molecule has 0 atom stereocenters. The van der Waals surface area contributed by atoms with Crippen LogP contribution in [0.25, 0.3) is 0 Å². The van der Waals surface area contributed by atoms with Crippen molar-refractivity contribution in [1.82, 2.24) is 0 Å². The molecule has 9 heavy (non-hydrogen) atoms. The first-order valence-corrected chi connectivity index (χ1v) is 3.85. The zero-order valence-electron chi connectivity index (χ0n) is 6.74. The average Bonchev–Trinajstić information content (AvgIpc) is 1.80. The predicted octanol–water partition coefficient (Wildman–Crippen LogP) is 3.39. The molecular weight excluding hydrogens is 108 g/mol. The van der Waals surface area contributed by atoms with Crippen LogP contribution < -0.4 is 0 Å². The Balaban J connectivity index is 2.75. The Labute approximate surface area is 59.7 Å². The molecule has 0 nitrogen and oxygen atoms in total. The van der Waals surface area contributed by atoms with Gasteiger partial charge in [0.25, 0.3) is 0 Å². The number of rotatable bonds is 5. The van der Waals surface area contributed by atoms with Crippen molar-refractivity contribution in [2.24, 2.45) is 0 Å². The van der Waals surface area contributed by atoms with E-state index in [4.69, 9.17) is 0 Å². The van der Waals surface area contributed by atoms with E-state index < -0.39 is 0 Å². The van der Waals surface area contributed by atoms with Crippen molar-refractivity contribution in [3.8, 4) is 0 Å². The maximum absolute atomic E-state index is 3.80. The van der Waals surface area contributed by atoms with Gasteiger partial charge in [-0.1, -0.05) is 46.5 Å². The summed E-state index contributed by atoms with van der Waals surface area (Å²) in [5.41, 5.74) is 0. The molecule has 0 fully saturated rings. The minimum absolute atomic E-state index is 1.10. The quantitative estimate of drug-likeness (QED) is 0.495. The van der Waals surface area contributed by atoms with E-state index in [1.54, 1.807) is 5.92 Å². The van der Waals surface area contributed by atoms with E-state index in [-0.39, 0.29) is 0 Å². The largest absolute Gasteiger partial charge is 0.0594 e. The van der Waals surface area contributed by atoms with Gasteiger partial charge >= 0.3 is 0 Å². The molecule has 0 aromatic heterocycles. The summed E-state index contributed by atoms with van der Waals surface area (Å²) in [7, 11) is 0. The Morgan fingerprint density at radius 2 is 1.78 bits per heavy atom. The van der Waals surface area contributed by atoms with Crippen LogP contribution in [0.5, 0.6) is 0 Å². The molecule has 0 saturated heterocycles. The zero-order valence-corrected chi connectivity index (χ0v) is 6.74. The van der Waals surface area contributed by atoms with Crippen molar-refractivity contribution in [2.45, 2.75) is 46.0 Å². The Morgan fingerprint density at radius 3 is 2.22 bits per heavy atom. The molecule has 54 valence electrons. The maximum Gasteiger partial charge on any atom is -0.0303 e. The van der Waals surface area contributed by atoms with E-state index in [0.29, 0.717) is 0 Å². The van der Waals surface area contributed by atoms with Crippen LogP contribution in [0, 0.1) is 12.8 Å². The fourth-order valence-corrected chi connectivity index (χ4v) is 0.832. The molecule has 0 heteroatoms. The lowest BCUT2D eigenvalue weighted by atomic mass is 10.1. The van der Waals surface area contributed by atoms with Gasteiger partial charge in [-0.05, 0) is 12.3 Å². The molecule has 0 aromatic carbocycles. The fourth-order valence-electron chi connectivity index (χ4n) is 0.832. The van der Waals surface area contributed by atoms with Gasteiger partial charge in [0.05, 0.1) is 0 Å². The number of hydrogen-bond acceptors (Lipinski definition) is 0. The minimum Gasteiger partial charge on any atom is -0.0594 e. The first-order chi connectivity index (χ1) is 4.27. The summed E-state index contributed by atoms with van der Waals surface area (Å²) < 4.78 is 0. The van der Waals surface area contributed by atoms with Crippen LogP contribution in [0.3, 0.4) is 0 Å². The second-order valence-electron chi connectivity index (χ2n) is 2.87. The SMILES string of the molecule is [CH2]CCCCC[C](C)C. The molecule has 0 heterocycles. The number of hydrogen-bond donors (Lipinski definition) is 0. The summed E-state index contributed by atoms with van der Waals surface area (Å²) in [6.45, 7) is 8.19.